The summed E-state index contributed by atoms with van der Waals surface area (Å²) >= 11 is 0. The zero-order valence-corrected chi connectivity index (χ0v) is 14.5. The van der Waals surface area contributed by atoms with Gasteiger partial charge >= 0.3 is 0 Å². The molecular formula is C19H23NO4. The molecule has 0 aliphatic heterocycles. The van der Waals surface area contributed by atoms with Crippen molar-refractivity contribution < 1.29 is 19.0 Å². The Balaban J connectivity index is 2.03. The topological polar surface area (TPSA) is 56.8 Å². The molecule has 2 aromatic carbocycles. The zero-order valence-electron chi connectivity index (χ0n) is 14.5. The summed E-state index contributed by atoms with van der Waals surface area (Å²) in [6, 6.07) is 12.9. The molecule has 0 aliphatic carbocycles. The minimum Gasteiger partial charge on any atom is -0.493 e. The van der Waals surface area contributed by atoms with E-state index >= 15 is 0 Å². The lowest BCUT2D eigenvalue weighted by atomic mass is 10.1. The first kappa shape index (κ1) is 17.7. The summed E-state index contributed by atoms with van der Waals surface area (Å²) in [4.78, 5) is 12.4. The molecular weight excluding hydrogens is 306 g/mol. The molecule has 5 heteroatoms. The van der Waals surface area contributed by atoms with Gasteiger partial charge in [-0.25, -0.2) is 0 Å². The second kappa shape index (κ2) is 8.24. The molecule has 0 saturated carbocycles. The van der Waals surface area contributed by atoms with Crippen LogP contribution in [0.25, 0.3) is 0 Å². The minimum atomic E-state index is -0.215. The Morgan fingerprint density at radius 3 is 2.33 bits per heavy atom. The van der Waals surface area contributed by atoms with Gasteiger partial charge in [0.15, 0.2) is 11.5 Å². The molecule has 0 heterocycles. The number of hydrogen-bond donors (Lipinski definition) is 1. The van der Waals surface area contributed by atoms with Crippen LogP contribution in [0.15, 0.2) is 42.5 Å². The summed E-state index contributed by atoms with van der Waals surface area (Å²) in [5.41, 5.74) is 1.43. The van der Waals surface area contributed by atoms with Crippen molar-refractivity contribution in [2.45, 2.75) is 26.5 Å². The summed E-state index contributed by atoms with van der Waals surface area (Å²) in [5, 5.41) is 2.89. The van der Waals surface area contributed by atoms with Gasteiger partial charge in [-0.15, -0.1) is 0 Å². The highest BCUT2D eigenvalue weighted by molar-refractivity contribution is 5.97. The predicted octanol–water partition coefficient (Wildman–Crippen LogP) is 3.42. The van der Waals surface area contributed by atoms with Crippen molar-refractivity contribution in [3.63, 3.8) is 0 Å². The quantitative estimate of drug-likeness (QED) is 0.845. The highest BCUT2D eigenvalue weighted by Crippen LogP contribution is 2.30. The van der Waals surface area contributed by atoms with Crippen molar-refractivity contribution in [2.75, 3.05) is 14.2 Å². The smallest absolute Gasteiger partial charge is 0.255 e. The van der Waals surface area contributed by atoms with Crippen molar-refractivity contribution in [3.8, 4) is 17.2 Å². The van der Waals surface area contributed by atoms with Crippen molar-refractivity contribution in [1.29, 1.82) is 0 Å². The Kier molecular flexibility index (Phi) is 6.07. The van der Waals surface area contributed by atoms with Gasteiger partial charge in [0.1, 0.15) is 5.75 Å². The first-order valence-electron chi connectivity index (χ1n) is 7.80. The fraction of sp³-hybridized carbons (Fsp3) is 0.316. The van der Waals surface area contributed by atoms with E-state index in [9.17, 15) is 4.79 Å². The minimum absolute atomic E-state index is 0.135. The molecule has 2 aromatic rings. The fourth-order valence-electron chi connectivity index (χ4n) is 2.30. The standard InChI is InChI=1S/C19H23NO4/c1-13(2)24-15-10-8-14(9-11-15)12-20-19(21)16-6-5-7-17(22-3)18(16)23-4/h5-11,13H,12H2,1-4H3,(H,20,21). The van der Waals surface area contributed by atoms with E-state index in [-0.39, 0.29) is 12.0 Å². The predicted molar refractivity (Wildman–Crippen MR) is 92.9 cm³/mol. The average molecular weight is 329 g/mol. The van der Waals surface area contributed by atoms with Crippen LogP contribution in [0, 0.1) is 0 Å². The number of para-hydroxylation sites is 1. The molecule has 1 N–H and O–H groups in total. The number of carbonyl (C=O) groups is 1. The first-order chi connectivity index (χ1) is 11.5. The summed E-state index contributed by atoms with van der Waals surface area (Å²) in [7, 11) is 3.06. The molecule has 128 valence electrons. The third kappa shape index (κ3) is 4.41. The molecule has 0 saturated heterocycles. The molecule has 0 radical (unpaired) electrons. The van der Waals surface area contributed by atoms with Crippen LogP contribution in [0.2, 0.25) is 0 Å². The van der Waals surface area contributed by atoms with Crippen molar-refractivity contribution in [2.24, 2.45) is 0 Å². The summed E-state index contributed by atoms with van der Waals surface area (Å²) in [6.45, 7) is 4.38. The van der Waals surface area contributed by atoms with Gasteiger partial charge in [0.05, 0.1) is 25.9 Å². The molecule has 0 spiro atoms. The van der Waals surface area contributed by atoms with Crippen LogP contribution < -0.4 is 19.5 Å². The van der Waals surface area contributed by atoms with Crippen molar-refractivity contribution >= 4 is 5.91 Å². The van der Waals surface area contributed by atoms with Crippen LogP contribution >= 0.6 is 0 Å². The molecule has 0 bridgehead atoms. The lowest BCUT2D eigenvalue weighted by Crippen LogP contribution is -2.23. The van der Waals surface area contributed by atoms with E-state index in [4.69, 9.17) is 14.2 Å². The largest absolute Gasteiger partial charge is 0.493 e. The maximum Gasteiger partial charge on any atom is 0.255 e. The number of hydrogen-bond acceptors (Lipinski definition) is 4. The van der Waals surface area contributed by atoms with Crippen LogP contribution in [0.5, 0.6) is 17.2 Å². The van der Waals surface area contributed by atoms with Gasteiger partial charge in [-0.2, -0.15) is 0 Å². The van der Waals surface area contributed by atoms with Crippen molar-refractivity contribution in [3.05, 3.63) is 53.6 Å². The number of benzene rings is 2. The molecule has 0 atom stereocenters. The molecule has 0 aromatic heterocycles. The fourth-order valence-corrected chi connectivity index (χ4v) is 2.30. The second-order valence-electron chi connectivity index (χ2n) is 5.53. The van der Waals surface area contributed by atoms with Gasteiger partial charge in [-0.05, 0) is 43.7 Å². The van der Waals surface area contributed by atoms with Gasteiger partial charge in [-0.3, -0.25) is 4.79 Å². The molecule has 0 aliphatic rings. The molecule has 0 unspecified atom stereocenters. The van der Waals surface area contributed by atoms with Gasteiger partial charge in [0.2, 0.25) is 0 Å². The number of methoxy groups -OCH3 is 2. The van der Waals surface area contributed by atoms with E-state index < -0.39 is 0 Å². The van der Waals surface area contributed by atoms with Gasteiger partial charge < -0.3 is 19.5 Å². The van der Waals surface area contributed by atoms with Gasteiger partial charge in [-0.1, -0.05) is 18.2 Å². The normalized spacial score (nSPS) is 10.4. The summed E-state index contributed by atoms with van der Waals surface area (Å²) < 4.78 is 16.1. The Morgan fingerprint density at radius 2 is 1.75 bits per heavy atom. The summed E-state index contributed by atoms with van der Waals surface area (Å²) in [6.07, 6.45) is 0.135. The third-order valence-electron chi connectivity index (χ3n) is 3.40. The van der Waals surface area contributed by atoms with Crippen LogP contribution in [0.4, 0.5) is 0 Å². The number of nitrogens with one attached hydrogen (secondary N) is 1. The lowest BCUT2D eigenvalue weighted by Gasteiger charge is -2.13. The third-order valence-corrected chi connectivity index (χ3v) is 3.40. The van der Waals surface area contributed by atoms with Crippen LogP contribution in [-0.2, 0) is 6.54 Å². The van der Waals surface area contributed by atoms with Crippen LogP contribution in [0.3, 0.4) is 0 Å². The van der Waals surface area contributed by atoms with Crippen molar-refractivity contribution in [1.82, 2.24) is 5.32 Å². The number of ether oxygens (including phenoxy) is 3. The van der Waals surface area contributed by atoms with E-state index in [1.165, 1.54) is 7.11 Å². The molecule has 2 rings (SSSR count). The monoisotopic (exact) mass is 329 g/mol. The molecule has 1 amide bonds. The first-order valence-corrected chi connectivity index (χ1v) is 7.80. The number of amides is 1. The molecule has 5 nitrogen and oxygen atoms in total. The molecule has 0 fully saturated rings. The number of rotatable bonds is 7. The molecule has 24 heavy (non-hydrogen) atoms. The lowest BCUT2D eigenvalue weighted by molar-refractivity contribution is 0.0947. The second-order valence-corrected chi connectivity index (χ2v) is 5.53. The average Bonchev–Trinajstić information content (AvgIpc) is 2.59. The van der Waals surface area contributed by atoms with Gasteiger partial charge in [0, 0.05) is 6.54 Å². The SMILES string of the molecule is COc1cccc(C(=O)NCc2ccc(OC(C)C)cc2)c1OC. The Labute approximate surface area is 142 Å². The Morgan fingerprint density at radius 1 is 1.04 bits per heavy atom. The maximum atomic E-state index is 12.4. The van der Waals surface area contributed by atoms with Gasteiger partial charge in [0.25, 0.3) is 5.91 Å². The Bertz CT molecular complexity index is 680. The number of carbonyl (C=O) groups excluding carboxylic acids is 1. The maximum absolute atomic E-state index is 12.4. The summed E-state index contributed by atoms with van der Waals surface area (Å²) in [5.74, 6) is 1.56. The Hall–Kier alpha value is -2.69. The van der Waals surface area contributed by atoms with Crippen LogP contribution in [0.1, 0.15) is 29.8 Å². The van der Waals surface area contributed by atoms with E-state index in [0.717, 1.165) is 11.3 Å². The highest BCUT2D eigenvalue weighted by Gasteiger charge is 2.15. The zero-order chi connectivity index (χ0) is 17.5. The van der Waals surface area contributed by atoms with Crippen LogP contribution in [-0.4, -0.2) is 26.2 Å². The van der Waals surface area contributed by atoms with E-state index in [0.29, 0.717) is 23.6 Å². The van der Waals surface area contributed by atoms with E-state index in [2.05, 4.69) is 5.32 Å². The highest BCUT2D eigenvalue weighted by atomic mass is 16.5. The van der Waals surface area contributed by atoms with E-state index in [1.54, 1.807) is 25.3 Å². The van der Waals surface area contributed by atoms with E-state index in [1.807, 2.05) is 38.1 Å².